The SMILES string of the molecule is NNC1[C@@H]2CC3C[C@H]1CC(O)(C3)C2. The van der Waals surface area contributed by atoms with Gasteiger partial charge in [0, 0.05) is 6.04 Å². The molecule has 4 rings (SSSR count). The third kappa shape index (κ3) is 1.07. The van der Waals surface area contributed by atoms with E-state index >= 15 is 0 Å². The second kappa shape index (κ2) is 2.47. The third-order valence-electron chi connectivity index (χ3n) is 4.43. The van der Waals surface area contributed by atoms with E-state index in [0.29, 0.717) is 17.9 Å². The Labute approximate surface area is 78.7 Å². The minimum Gasteiger partial charge on any atom is -0.390 e. The van der Waals surface area contributed by atoms with Crippen molar-refractivity contribution in [2.75, 3.05) is 0 Å². The monoisotopic (exact) mass is 182 g/mol. The van der Waals surface area contributed by atoms with E-state index in [9.17, 15) is 5.11 Å². The number of hydrazine groups is 1. The number of hydrogen-bond donors (Lipinski definition) is 3. The summed E-state index contributed by atoms with van der Waals surface area (Å²) >= 11 is 0. The Bertz CT molecular complexity index is 215. The molecule has 3 heteroatoms. The van der Waals surface area contributed by atoms with Gasteiger partial charge in [0.25, 0.3) is 0 Å². The first-order chi connectivity index (χ1) is 6.20. The van der Waals surface area contributed by atoms with E-state index in [2.05, 4.69) is 5.43 Å². The lowest BCUT2D eigenvalue weighted by Gasteiger charge is -2.57. The van der Waals surface area contributed by atoms with E-state index in [1.54, 1.807) is 0 Å². The van der Waals surface area contributed by atoms with Gasteiger partial charge in [-0.2, -0.15) is 0 Å². The van der Waals surface area contributed by atoms with Crippen molar-refractivity contribution >= 4 is 0 Å². The normalized spacial score (nSPS) is 58.6. The summed E-state index contributed by atoms with van der Waals surface area (Å²) in [6, 6.07) is 0.483. The molecule has 74 valence electrons. The maximum Gasteiger partial charge on any atom is 0.0657 e. The van der Waals surface area contributed by atoms with Crippen LogP contribution in [-0.2, 0) is 0 Å². The molecule has 0 radical (unpaired) electrons. The molecule has 0 amide bonds. The second-order valence-electron chi connectivity index (χ2n) is 5.39. The maximum atomic E-state index is 10.2. The summed E-state index contributed by atoms with van der Waals surface area (Å²) in [6.07, 6.45) is 5.59. The molecular formula is C10H18N2O. The van der Waals surface area contributed by atoms with Gasteiger partial charge in [0.2, 0.25) is 0 Å². The first kappa shape index (κ1) is 8.21. The van der Waals surface area contributed by atoms with E-state index in [1.165, 1.54) is 12.8 Å². The van der Waals surface area contributed by atoms with Crippen LogP contribution in [0.5, 0.6) is 0 Å². The van der Waals surface area contributed by atoms with E-state index < -0.39 is 0 Å². The van der Waals surface area contributed by atoms with Crippen molar-refractivity contribution in [3.05, 3.63) is 0 Å². The minimum absolute atomic E-state index is 0.316. The van der Waals surface area contributed by atoms with Gasteiger partial charge in [-0.3, -0.25) is 11.3 Å². The zero-order chi connectivity index (χ0) is 9.05. The summed E-state index contributed by atoms with van der Waals surface area (Å²) in [4.78, 5) is 0. The van der Waals surface area contributed by atoms with Crippen molar-refractivity contribution < 1.29 is 5.11 Å². The molecule has 4 bridgehead atoms. The Morgan fingerprint density at radius 2 is 1.77 bits per heavy atom. The molecule has 13 heavy (non-hydrogen) atoms. The molecule has 4 fully saturated rings. The highest BCUT2D eigenvalue weighted by molar-refractivity contribution is 5.07. The second-order valence-corrected chi connectivity index (χ2v) is 5.39. The molecular weight excluding hydrogens is 164 g/mol. The summed E-state index contributed by atoms with van der Waals surface area (Å²) in [5.41, 5.74) is 2.64. The summed E-state index contributed by atoms with van der Waals surface area (Å²) in [5, 5.41) is 10.2. The average molecular weight is 182 g/mol. The van der Waals surface area contributed by atoms with Crippen molar-refractivity contribution in [1.29, 1.82) is 0 Å². The molecule has 0 aliphatic heterocycles. The third-order valence-corrected chi connectivity index (χ3v) is 4.43. The fourth-order valence-electron chi connectivity index (χ4n) is 4.25. The smallest absolute Gasteiger partial charge is 0.0657 e. The highest BCUT2D eigenvalue weighted by Gasteiger charge is 2.54. The van der Waals surface area contributed by atoms with Crippen LogP contribution in [0.2, 0.25) is 0 Å². The molecule has 4 aliphatic rings. The summed E-state index contributed by atoms with van der Waals surface area (Å²) in [7, 11) is 0. The lowest BCUT2D eigenvalue weighted by atomic mass is 9.52. The number of nitrogens with two attached hydrogens (primary N) is 1. The van der Waals surface area contributed by atoms with Gasteiger partial charge in [0.15, 0.2) is 0 Å². The molecule has 0 heterocycles. The van der Waals surface area contributed by atoms with Crippen LogP contribution in [0.3, 0.4) is 0 Å². The van der Waals surface area contributed by atoms with E-state index in [1.807, 2.05) is 0 Å². The fraction of sp³-hybridized carbons (Fsp3) is 1.00. The minimum atomic E-state index is -0.316. The van der Waals surface area contributed by atoms with Crippen molar-refractivity contribution in [2.24, 2.45) is 23.6 Å². The quantitative estimate of drug-likeness (QED) is 0.406. The largest absolute Gasteiger partial charge is 0.390 e. The number of rotatable bonds is 1. The van der Waals surface area contributed by atoms with Crippen LogP contribution in [0, 0.1) is 17.8 Å². The van der Waals surface area contributed by atoms with Crippen LogP contribution >= 0.6 is 0 Å². The van der Waals surface area contributed by atoms with Crippen molar-refractivity contribution in [1.82, 2.24) is 5.43 Å². The zero-order valence-electron chi connectivity index (χ0n) is 7.87. The van der Waals surface area contributed by atoms with Crippen LogP contribution < -0.4 is 11.3 Å². The number of hydrogen-bond acceptors (Lipinski definition) is 3. The van der Waals surface area contributed by atoms with Gasteiger partial charge < -0.3 is 5.11 Å². The molecule has 0 aromatic heterocycles. The first-order valence-corrected chi connectivity index (χ1v) is 5.39. The highest BCUT2D eigenvalue weighted by Crippen LogP contribution is 2.55. The highest BCUT2D eigenvalue weighted by atomic mass is 16.3. The van der Waals surface area contributed by atoms with Crippen molar-refractivity contribution in [2.45, 2.75) is 43.7 Å². The van der Waals surface area contributed by atoms with Crippen molar-refractivity contribution in [3.63, 3.8) is 0 Å². The zero-order valence-corrected chi connectivity index (χ0v) is 7.87. The van der Waals surface area contributed by atoms with Crippen LogP contribution in [0.15, 0.2) is 0 Å². The van der Waals surface area contributed by atoms with Gasteiger partial charge in [-0.05, 0) is 49.9 Å². The Balaban J connectivity index is 1.90. The average Bonchev–Trinajstić information content (AvgIpc) is 2.00. The summed E-state index contributed by atoms with van der Waals surface area (Å²) in [5.74, 6) is 7.63. The van der Waals surface area contributed by atoms with Gasteiger partial charge in [-0.25, -0.2) is 0 Å². The van der Waals surface area contributed by atoms with Crippen molar-refractivity contribution in [3.8, 4) is 0 Å². The van der Waals surface area contributed by atoms with Crippen LogP contribution in [-0.4, -0.2) is 16.7 Å². The van der Waals surface area contributed by atoms with E-state index in [0.717, 1.165) is 25.2 Å². The predicted octanol–water partition coefficient (Wildman–Crippen LogP) is 0.389. The van der Waals surface area contributed by atoms with Gasteiger partial charge in [-0.15, -0.1) is 0 Å². The molecule has 5 atom stereocenters. The Morgan fingerprint density at radius 3 is 2.23 bits per heavy atom. The number of aliphatic hydroxyl groups is 1. The van der Waals surface area contributed by atoms with Crippen LogP contribution in [0.1, 0.15) is 32.1 Å². The topological polar surface area (TPSA) is 58.3 Å². The van der Waals surface area contributed by atoms with Crippen LogP contribution in [0.4, 0.5) is 0 Å². The summed E-state index contributed by atoms with van der Waals surface area (Å²) in [6.45, 7) is 0. The molecule has 0 saturated heterocycles. The van der Waals surface area contributed by atoms with Gasteiger partial charge in [0.05, 0.1) is 5.60 Å². The lowest BCUT2D eigenvalue weighted by Crippen LogP contribution is -2.62. The lowest BCUT2D eigenvalue weighted by molar-refractivity contribution is -0.138. The van der Waals surface area contributed by atoms with E-state index in [-0.39, 0.29) is 5.60 Å². The molecule has 4 saturated carbocycles. The Hall–Kier alpha value is -0.120. The Morgan fingerprint density at radius 1 is 1.15 bits per heavy atom. The molecule has 4 N–H and O–H groups in total. The van der Waals surface area contributed by atoms with E-state index in [4.69, 9.17) is 5.84 Å². The fourth-order valence-corrected chi connectivity index (χ4v) is 4.25. The molecule has 0 aromatic rings. The Kier molecular flexibility index (Phi) is 1.56. The molecule has 4 aliphatic carbocycles. The van der Waals surface area contributed by atoms with Crippen LogP contribution in [0.25, 0.3) is 0 Å². The van der Waals surface area contributed by atoms with Gasteiger partial charge in [0.1, 0.15) is 0 Å². The standard InChI is InChI=1S/C10H18N2O/c11-12-9-7-1-6-2-8(9)5-10(13,3-6)4-7/h6-9,12-13H,1-5,11H2/t6?,7-,8+,9?,10?. The predicted molar refractivity (Wildman–Crippen MR) is 49.6 cm³/mol. The molecule has 0 spiro atoms. The molecule has 0 aromatic carbocycles. The number of nitrogens with one attached hydrogen (secondary N) is 1. The summed E-state index contributed by atoms with van der Waals surface area (Å²) < 4.78 is 0. The molecule has 3 unspecified atom stereocenters. The maximum absolute atomic E-state index is 10.2. The first-order valence-electron chi connectivity index (χ1n) is 5.39. The molecule has 3 nitrogen and oxygen atoms in total. The van der Waals surface area contributed by atoms with Gasteiger partial charge in [-0.1, -0.05) is 0 Å². The van der Waals surface area contributed by atoms with Gasteiger partial charge >= 0.3 is 0 Å².